The third-order valence-corrected chi connectivity index (χ3v) is 5.22. The van der Waals surface area contributed by atoms with Crippen LogP contribution in [0.3, 0.4) is 0 Å². The predicted octanol–water partition coefficient (Wildman–Crippen LogP) is 2.91. The second-order valence-electron chi connectivity index (χ2n) is 4.30. The van der Waals surface area contributed by atoms with Crippen LogP contribution in [0.4, 0.5) is 0 Å². The van der Waals surface area contributed by atoms with Gasteiger partial charge in [0.15, 0.2) is 4.34 Å². The Morgan fingerprint density at radius 2 is 2.33 bits per heavy atom. The largest absolute Gasteiger partial charge is 0.309 e. The molecule has 3 rings (SSSR count). The van der Waals surface area contributed by atoms with Gasteiger partial charge in [-0.05, 0) is 35.6 Å². The molecule has 1 aromatic heterocycles. The van der Waals surface area contributed by atoms with Crippen molar-refractivity contribution in [3.8, 4) is 0 Å². The molecule has 1 aromatic carbocycles. The first-order chi connectivity index (χ1) is 8.88. The molecule has 1 aliphatic carbocycles. The number of nitrogens with zero attached hydrogens (tertiary/aromatic N) is 2. The molecular formula is C13H15N3S2. The average Bonchev–Trinajstić information content (AvgIpc) is 3.00. The van der Waals surface area contributed by atoms with Crippen molar-refractivity contribution in [2.75, 3.05) is 6.54 Å². The SMILES string of the molecule is CCNC1c2ccccc2CC1Sc1ncns1. The summed E-state index contributed by atoms with van der Waals surface area (Å²) in [5.74, 6) is 0. The van der Waals surface area contributed by atoms with E-state index in [9.17, 15) is 0 Å². The molecule has 3 nitrogen and oxygen atoms in total. The van der Waals surface area contributed by atoms with Crippen molar-refractivity contribution in [2.24, 2.45) is 0 Å². The lowest BCUT2D eigenvalue weighted by Crippen LogP contribution is -2.26. The monoisotopic (exact) mass is 277 g/mol. The molecule has 1 N–H and O–H groups in total. The van der Waals surface area contributed by atoms with Crippen LogP contribution in [0.2, 0.25) is 0 Å². The van der Waals surface area contributed by atoms with Crippen LogP contribution >= 0.6 is 23.3 Å². The van der Waals surface area contributed by atoms with E-state index in [-0.39, 0.29) is 0 Å². The summed E-state index contributed by atoms with van der Waals surface area (Å²) in [6.07, 6.45) is 2.75. The van der Waals surface area contributed by atoms with E-state index in [4.69, 9.17) is 0 Å². The Morgan fingerprint density at radius 1 is 1.44 bits per heavy atom. The lowest BCUT2D eigenvalue weighted by Gasteiger charge is -2.19. The normalized spacial score (nSPS) is 22.1. The summed E-state index contributed by atoms with van der Waals surface area (Å²) in [4.78, 5) is 4.28. The third kappa shape index (κ3) is 2.30. The fourth-order valence-electron chi connectivity index (χ4n) is 2.47. The van der Waals surface area contributed by atoms with E-state index in [1.54, 1.807) is 6.33 Å². The number of hydrogen-bond donors (Lipinski definition) is 1. The van der Waals surface area contributed by atoms with Crippen molar-refractivity contribution in [3.63, 3.8) is 0 Å². The summed E-state index contributed by atoms with van der Waals surface area (Å²) in [5.41, 5.74) is 2.91. The molecule has 0 bridgehead atoms. The second-order valence-corrected chi connectivity index (χ2v) is 6.57. The first kappa shape index (κ1) is 12.1. The second kappa shape index (κ2) is 5.38. The van der Waals surface area contributed by atoms with E-state index in [1.807, 2.05) is 11.8 Å². The van der Waals surface area contributed by atoms with Crippen LogP contribution in [0.1, 0.15) is 24.1 Å². The lowest BCUT2D eigenvalue weighted by molar-refractivity contribution is 0.560. The van der Waals surface area contributed by atoms with Gasteiger partial charge in [-0.3, -0.25) is 0 Å². The van der Waals surface area contributed by atoms with Crippen LogP contribution in [0.5, 0.6) is 0 Å². The molecule has 0 radical (unpaired) electrons. The molecule has 2 aromatic rings. The number of rotatable bonds is 4. The molecular weight excluding hydrogens is 262 g/mol. The van der Waals surface area contributed by atoms with Crippen LogP contribution < -0.4 is 5.32 Å². The van der Waals surface area contributed by atoms with E-state index in [2.05, 4.69) is 45.9 Å². The highest BCUT2D eigenvalue weighted by molar-refractivity contribution is 8.01. The number of benzene rings is 1. The van der Waals surface area contributed by atoms with E-state index >= 15 is 0 Å². The van der Waals surface area contributed by atoms with Crippen LogP contribution in [0.15, 0.2) is 34.9 Å². The van der Waals surface area contributed by atoms with Gasteiger partial charge in [-0.15, -0.1) is 0 Å². The Balaban J connectivity index is 1.83. The number of fused-ring (bicyclic) bond motifs is 1. The van der Waals surface area contributed by atoms with E-state index in [1.165, 1.54) is 22.7 Å². The average molecular weight is 277 g/mol. The molecule has 1 heterocycles. The van der Waals surface area contributed by atoms with Crippen LogP contribution in [0, 0.1) is 0 Å². The lowest BCUT2D eigenvalue weighted by atomic mass is 10.1. The van der Waals surface area contributed by atoms with Gasteiger partial charge in [0, 0.05) is 11.3 Å². The summed E-state index contributed by atoms with van der Waals surface area (Å²) < 4.78 is 5.14. The minimum atomic E-state index is 0.431. The summed E-state index contributed by atoms with van der Waals surface area (Å²) >= 11 is 3.33. The van der Waals surface area contributed by atoms with Gasteiger partial charge in [0.1, 0.15) is 6.33 Å². The molecule has 2 unspecified atom stereocenters. The van der Waals surface area contributed by atoms with Crippen molar-refractivity contribution in [3.05, 3.63) is 41.7 Å². The predicted molar refractivity (Wildman–Crippen MR) is 76.1 cm³/mol. The van der Waals surface area contributed by atoms with E-state index in [0.717, 1.165) is 17.3 Å². The molecule has 0 amide bonds. The third-order valence-electron chi connectivity index (χ3n) is 3.20. The molecule has 0 aliphatic heterocycles. The molecule has 0 saturated carbocycles. The summed E-state index contributed by atoms with van der Waals surface area (Å²) in [5, 5.41) is 4.12. The number of aromatic nitrogens is 2. The van der Waals surface area contributed by atoms with Crippen LogP contribution in [-0.2, 0) is 6.42 Å². The minimum Gasteiger partial charge on any atom is -0.309 e. The van der Waals surface area contributed by atoms with Crippen molar-refractivity contribution < 1.29 is 0 Å². The van der Waals surface area contributed by atoms with Crippen LogP contribution in [-0.4, -0.2) is 21.2 Å². The first-order valence-electron chi connectivity index (χ1n) is 6.13. The Bertz CT molecular complexity index is 511. The zero-order valence-electron chi connectivity index (χ0n) is 10.2. The molecule has 1 aliphatic rings. The maximum Gasteiger partial charge on any atom is 0.170 e. The maximum atomic E-state index is 4.28. The van der Waals surface area contributed by atoms with Gasteiger partial charge in [0.2, 0.25) is 0 Å². The van der Waals surface area contributed by atoms with Crippen molar-refractivity contribution in [1.29, 1.82) is 0 Å². The molecule has 0 spiro atoms. The fourth-order valence-corrected chi connectivity index (χ4v) is 4.43. The molecule has 94 valence electrons. The van der Waals surface area contributed by atoms with Gasteiger partial charge in [-0.2, -0.15) is 4.37 Å². The zero-order valence-corrected chi connectivity index (χ0v) is 11.8. The fraction of sp³-hybridized carbons (Fsp3) is 0.385. The summed E-state index contributed by atoms with van der Waals surface area (Å²) in [6, 6.07) is 9.16. The van der Waals surface area contributed by atoms with Gasteiger partial charge < -0.3 is 5.32 Å². The van der Waals surface area contributed by atoms with Crippen LogP contribution in [0.25, 0.3) is 0 Å². The van der Waals surface area contributed by atoms with Crippen molar-refractivity contribution >= 4 is 23.3 Å². The highest BCUT2D eigenvalue weighted by Crippen LogP contribution is 2.41. The molecule has 5 heteroatoms. The van der Waals surface area contributed by atoms with Gasteiger partial charge in [0.05, 0.1) is 0 Å². The highest BCUT2D eigenvalue weighted by atomic mass is 32.2. The zero-order chi connectivity index (χ0) is 12.4. The Kier molecular flexibility index (Phi) is 3.63. The Hall–Kier alpha value is -0.910. The minimum absolute atomic E-state index is 0.431. The number of thioether (sulfide) groups is 1. The summed E-state index contributed by atoms with van der Waals surface area (Å²) in [6.45, 7) is 3.15. The molecule has 2 atom stereocenters. The van der Waals surface area contributed by atoms with Gasteiger partial charge in [-0.1, -0.05) is 43.0 Å². The van der Waals surface area contributed by atoms with Gasteiger partial charge in [0.25, 0.3) is 0 Å². The topological polar surface area (TPSA) is 37.8 Å². The molecule has 18 heavy (non-hydrogen) atoms. The van der Waals surface area contributed by atoms with Crippen molar-refractivity contribution in [2.45, 2.75) is 29.0 Å². The quantitative estimate of drug-likeness (QED) is 0.932. The smallest absolute Gasteiger partial charge is 0.170 e. The maximum absolute atomic E-state index is 4.28. The molecule has 0 fully saturated rings. The van der Waals surface area contributed by atoms with Crippen molar-refractivity contribution in [1.82, 2.24) is 14.7 Å². The number of hydrogen-bond acceptors (Lipinski definition) is 5. The first-order valence-corrected chi connectivity index (χ1v) is 7.78. The molecule has 0 saturated heterocycles. The standard InChI is InChI=1S/C13H15N3S2/c1-2-14-12-10-6-4-3-5-9(10)7-11(12)17-13-15-8-16-18-13/h3-6,8,11-12,14H,2,7H2,1H3. The van der Waals surface area contributed by atoms with Gasteiger partial charge in [-0.25, -0.2) is 4.98 Å². The van der Waals surface area contributed by atoms with E-state index < -0.39 is 0 Å². The Labute approximate surface area is 115 Å². The van der Waals surface area contributed by atoms with Gasteiger partial charge >= 0.3 is 0 Å². The Morgan fingerprint density at radius 3 is 3.11 bits per heavy atom. The number of nitrogens with one attached hydrogen (secondary N) is 1. The highest BCUT2D eigenvalue weighted by Gasteiger charge is 2.32. The van der Waals surface area contributed by atoms with E-state index in [0.29, 0.717) is 11.3 Å². The summed E-state index contributed by atoms with van der Waals surface area (Å²) in [7, 11) is 0.